The lowest BCUT2D eigenvalue weighted by Gasteiger charge is -2.04. The molecule has 0 bridgehead atoms. The summed E-state index contributed by atoms with van der Waals surface area (Å²) in [7, 11) is 0. The van der Waals surface area contributed by atoms with Gasteiger partial charge in [-0.3, -0.25) is 4.98 Å². The van der Waals surface area contributed by atoms with E-state index < -0.39 is 0 Å². The Bertz CT molecular complexity index is 428. The van der Waals surface area contributed by atoms with Gasteiger partial charge in [-0.15, -0.1) is 0 Å². The first-order valence-corrected chi connectivity index (χ1v) is 4.85. The molecule has 0 spiro atoms. The molecule has 76 valence electrons. The third-order valence-electron chi connectivity index (χ3n) is 2.00. The number of nitrogens with zero attached hydrogens (tertiary/aromatic N) is 3. The van der Waals surface area contributed by atoms with Gasteiger partial charge in [0, 0.05) is 36.4 Å². The van der Waals surface area contributed by atoms with Crippen molar-refractivity contribution < 1.29 is 0 Å². The Labute approximate surface area is 88.4 Å². The van der Waals surface area contributed by atoms with Gasteiger partial charge in [0.1, 0.15) is 6.33 Å². The first-order chi connectivity index (χ1) is 7.40. The summed E-state index contributed by atoms with van der Waals surface area (Å²) in [6.07, 6.45) is 6.80. The third-order valence-corrected chi connectivity index (χ3v) is 2.00. The minimum absolute atomic E-state index is 0.883. The van der Waals surface area contributed by atoms with Gasteiger partial charge in [0.15, 0.2) is 0 Å². The number of hydrogen-bond acceptors (Lipinski definition) is 4. The van der Waals surface area contributed by atoms with Crippen molar-refractivity contribution in [2.24, 2.45) is 0 Å². The number of hydrogen-bond donors (Lipinski definition) is 1. The smallest absolute Gasteiger partial charge is 0.115 e. The largest absolute Gasteiger partial charge is 0.385 e. The zero-order valence-electron chi connectivity index (χ0n) is 8.51. The number of nitrogens with one attached hydrogen (secondary N) is 1. The Morgan fingerprint density at radius 2 is 2.07 bits per heavy atom. The van der Waals surface area contributed by atoms with Crippen LogP contribution in [0.25, 0.3) is 11.3 Å². The molecule has 0 aromatic carbocycles. The first kappa shape index (κ1) is 9.58. The van der Waals surface area contributed by atoms with Gasteiger partial charge < -0.3 is 5.32 Å². The van der Waals surface area contributed by atoms with Gasteiger partial charge in [0.05, 0.1) is 5.69 Å². The minimum Gasteiger partial charge on any atom is -0.385 e. The van der Waals surface area contributed by atoms with Gasteiger partial charge in [0.25, 0.3) is 0 Å². The normalized spacial score (nSPS) is 9.93. The second kappa shape index (κ2) is 4.50. The molecule has 1 N–H and O–H groups in total. The molecular weight excluding hydrogens is 188 g/mol. The topological polar surface area (TPSA) is 50.7 Å². The molecule has 0 aliphatic carbocycles. The van der Waals surface area contributed by atoms with E-state index in [1.54, 1.807) is 18.6 Å². The van der Waals surface area contributed by atoms with Gasteiger partial charge in [-0.05, 0) is 19.1 Å². The van der Waals surface area contributed by atoms with E-state index in [9.17, 15) is 0 Å². The Balaban J connectivity index is 2.33. The summed E-state index contributed by atoms with van der Waals surface area (Å²) in [6.45, 7) is 2.96. The average Bonchev–Trinajstić information content (AvgIpc) is 2.31. The van der Waals surface area contributed by atoms with Crippen LogP contribution >= 0.6 is 0 Å². The van der Waals surface area contributed by atoms with Crippen molar-refractivity contribution in [3.8, 4) is 11.3 Å². The van der Waals surface area contributed by atoms with Crippen LogP contribution in [-0.2, 0) is 0 Å². The van der Waals surface area contributed by atoms with E-state index in [0.29, 0.717) is 0 Å². The molecule has 2 aromatic heterocycles. The van der Waals surface area contributed by atoms with E-state index in [2.05, 4.69) is 27.2 Å². The molecule has 0 saturated carbocycles. The van der Waals surface area contributed by atoms with E-state index in [-0.39, 0.29) is 0 Å². The van der Waals surface area contributed by atoms with Crippen molar-refractivity contribution in [2.75, 3.05) is 11.9 Å². The van der Waals surface area contributed by atoms with Crippen LogP contribution in [0.1, 0.15) is 6.92 Å². The Hall–Kier alpha value is -1.97. The summed E-state index contributed by atoms with van der Waals surface area (Å²) in [5.74, 6) is 0. The molecule has 0 unspecified atom stereocenters. The highest BCUT2D eigenvalue weighted by Crippen LogP contribution is 2.17. The lowest BCUT2D eigenvalue weighted by molar-refractivity contribution is 1.15. The van der Waals surface area contributed by atoms with E-state index in [4.69, 9.17) is 0 Å². The average molecular weight is 200 g/mol. The van der Waals surface area contributed by atoms with Crippen LogP contribution in [0.5, 0.6) is 0 Å². The van der Waals surface area contributed by atoms with Gasteiger partial charge in [-0.25, -0.2) is 9.97 Å². The zero-order chi connectivity index (χ0) is 10.5. The monoisotopic (exact) mass is 200 g/mol. The third kappa shape index (κ3) is 2.28. The first-order valence-electron chi connectivity index (χ1n) is 4.85. The highest BCUT2D eigenvalue weighted by atomic mass is 14.9. The molecule has 0 amide bonds. The van der Waals surface area contributed by atoms with E-state index >= 15 is 0 Å². The highest BCUT2D eigenvalue weighted by Gasteiger charge is 1.99. The van der Waals surface area contributed by atoms with E-state index in [1.165, 1.54) is 6.33 Å². The SMILES string of the molecule is CCNc1ccnc(-c2cncnc2)c1. The second-order valence-corrected chi connectivity index (χ2v) is 3.09. The molecule has 0 aliphatic rings. The molecular formula is C11H12N4. The number of anilines is 1. The van der Waals surface area contributed by atoms with Crippen LogP contribution in [0.4, 0.5) is 5.69 Å². The molecule has 4 heteroatoms. The predicted molar refractivity (Wildman–Crippen MR) is 59.4 cm³/mol. The van der Waals surface area contributed by atoms with E-state index in [1.807, 2.05) is 12.1 Å². The van der Waals surface area contributed by atoms with Crippen molar-refractivity contribution in [1.29, 1.82) is 0 Å². The molecule has 0 fully saturated rings. The van der Waals surface area contributed by atoms with Gasteiger partial charge >= 0.3 is 0 Å². The number of pyridine rings is 1. The maximum atomic E-state index is 4.27. The van der Waals surface area contributed by atoms with Crippen LogP contribution in [0.3, 0.4) is 0 Å². The molecule has 0 aliphatic heterocycles. The lowest BCUT2D eigenvalue weighted by atomic mass is 10.2. The minimum atomic E-state index is 0.883. The fourth-order valence-corrected chi connectivity index (χ4v) is 1.33. The van der Waals surface area contributed by atoms with Crippen molar-refractivity contribution in [2.45, 2.75) is 6.92 Å². The summed E-state index contributed by atoms with van der Waals surface area (Å²) in [4.78, 5) is 12.2. The summed E-state index contributed by atoms with van der Waals surface area (Å²) in [6, 6.07) is 3.93. The summed E-state index contributed by atoms with van der Waals surface area (Å²) in [5, 5.41) is 3.24. The zero-order valence-corrected chi connectivity index (χ0v) is 8.51. The van der Waals surface area contributed by atoms with Gasteiger partial charge in [-0.1, -0.05) is 0 Å². The maximum absolute atomic E-state index is 4.27. The van der Waals surface area contributed by atoms with Crippen LogP contribution in [0.15, 0.2) is 37.1 Å². The van der Waals surface area contributed by atoms with Crippen molar-refractivity contribution in [3.63, 3.8) is 0 Å². The Morgan fingerprint density at radius 3 is 2.80 bits per heavy atom. The quantitative estimate of drug-likeness (QED) is 0.823. The summed E-state index contributed by atoms with van der Waals surface area (Å²) >= 11 is 0. The Morgan fingerprint density at radius 1 is 1.27 bits per heavy atom. The van der Waals surface area contributed by atoms with Crippen molar-refractivity contribution >= 4 is 5.69 Å². The molecule has 4 nitrogen and oxygen atoms in total. The molecule has 2 rings (SSSR count). The van der Waals surface area contributed by atoms with Crippen LogP contribution in [0.2, 0.25) is 0 Å². The van der Waals surface area contributed by atoms with Gasteiger partial charge in [0.2, 0.25) is 0 Å². The van der Waals surface area contributed by atoms with Crippen LogP contribution in [-0.4, -0.2) is 21.5 Å². The van der Waals surface area contributed by atoms with Gasteiger partial charge in [-0.2, -0.15) is 0 Å². The molecule has 15 heavy (non-hydrogen) atoms. The maximum Gasteiger partial charge on any atom is 0.115 e. The molecule has 0 radical (unpaired) electrons. The molecule has 2 aromatic rings. The van der Waals surface area contributed by atoms with Crippen molar-refractivity contribution in [3.05, 3.63) is 37.1 Å². The summed E-state index contributed by atoms with van der Waals surface area (Å²) in [5.41, 5.74) is 2.87. The fourth-order valence-electron chi connectivity index (χ4n) is 1.33. The molecule has 2 heterocycles. The van der Waals surface area contributed by atoms with Crippen LogP contribution < -0.4 is 5.32 Å². The molecule has 0 atom stereocenters. The van der Waals surface area contributed by atoms with Crippen molar-refractivity contribution in [1.82, 2.24) is 15.0 Å². The standard InChI is InChI=1S/C11H12N4/c1-2-14-10-3-4-15-11(5-10)9-6-12-8-13-7-9/h3-8H,2H2,1H3,(H,14,15). The van der Waals surface area contributed by atoms with E-state index in [0.717, 1.165) is 23.5 Å². The predicted octanol–water partition coefficient (Wildman–Crippen LogP) is 1.97. The highest BCUT2D eigenvalue weighted by molar-refractivity contribution is 5.62. The number of rotatable bonds is 3. The summed E-state index contributed by atoms with van der Waals surface area (Å²) < 4.78 is 0. The fraction of sp³-hybridized carbons (Fsp3) is 0.182. The van der Waals surface area contributed by atoms with Crippen LogP contribution in [0, 0.1) is 0 Å². The second-order valence-electron chi connectivity index (χ2n) is 3.09. The number of aromatic nitrogens is 3. The Kier molecular flexibility index (Phi) is 2.88. The molecule has 0 saturated heterocycles. The lowest BCUT2D eigenvalue weighted by Crippen LogP contribution is -1.97.